The summed E-state index contributed by atoms with van der Waals surface area (Å²) in [6.07, 6.45) is 6.49. The van der Waals surface area contributed by atoms with Crippen molar-refractivity contribution >= 4 is 11.6 Å². The summed E-state index contributed by atoms with van der Waals surface area (Å²) in [6, 6.07) is 7.81. The van der Waals surface area contributed by atoms with Crippen molar-refractivity contribution in [3.05, 3.63) is 34.9 Å². The second-order valence-electron chi connectivity index (χ2n) is 5.23. The predicted octanol–water partition coefficient (Wildman–Crippen LogP) is 4.08. The molecule has 100 valence electrons. The normalized spacial score (nSPS) is 20.6. The molecule has 1 aromatic rings. The first-order valence-corrected chi connectivity index (χ1v) is 7.21. The summed E-state index contributed by atoms with van der Waals surface area (Å²) >= 11 is 6.04. The topological polar surface area (TPSA) is 35.2 Å². The molecule has 1 aliphatic rings. The Morgan fingerprint density at radius 2 is 2.00 bits per heavy atom. The van der Waals surface area contributed by atoms with Crippen molar-refractivity contribution in [1.82, 2.24) is 0 Å². The monoisotopic (exact) mass is 267 g/mol. The number of rotatable bonds is 4. The first kappa shape index (κ1) is 13.9. The minimum Gasteiger partial charge on any atom is -0.369 e. The second kappa shape index (κ2) is 6.55. The van der Waals surface area contributed by atoms with Gasteiger partial charge in [0.05, 0.1) is 12.2 Å². The van der Waals surface area contributed by atoms with Crippen LogP contribution in [0.2, 0.25) is 5.02 Å². The minimum atomic E-state index is -0.0493. The van der Waals surface area contributed by atoms with Crippen LogP contribution in [0.4, 0.5) is 0 Å². The fourth-order valence-corrected chi connectivity index (χ4v) is 2.80. The van der Waals surface area contributed by atoms with Gasteiger partial charge in [0, 0.05) is 11.1 Å². The third-order valence-corrected chi connectivity index (χ3v) is 3.78. The predicted molar refractivity (Wildman–Crippen MR) is 75.8 cm³/mol. The molecule has 0 aliphatic heterocycles. The van der Waals surface area contributed by atoms with Crippen molar-refractivity contribution in [1.29, 1.82) is 0 Å². The smallest absolute Gasteiger partial charge is 0.0977 e. The van der Waals surface area contributed by atoms with E-state index >= 15 is 0 Å². The Balaban J connectivity index is 2.07. The number of hydrogen-bond acceptors (Lipinski definition) is 2. The molecule has 0 radical (unpaired) electrons. The maximum Gasteiger partial charge on any atom is 0.0977 e. The third kappa shape index (κ3) is 3.71. The average molecular weight is 268 g/mol. The van der Waals surface area contributed by atoms with Crippen LogP contribution in [0.15, 0.2) is 24.3 Å². The summed E-state index contributed by atoms with van der Waals surface area (Å²) in [4.78, 5) is 0. The van der Waals surface area contributed by atoms with E-state index in [1.165, 1.54) is 19.3 Å². The fraction of sp³-hybridized carbons (Fsp3) is 0.600. The van der Waals surface area contributed by atoms with Crippen molar-refractivity contribution in [3.63, 3.8) is 0 Å². The molecule has 2 rings (SSSR count). The van der Waals surface area contributed by atoms with E-state index in [-0.39, 0.29) is 12.1 Å². The minimum absolute atomic E-state index is 0.0228. The highest BCUT2D eigenvalue weighted by atomic mass is 35.5. The Morgan fingerprint density at radius 3 is 2.61 bits per heavy atom. The zero-order valence-electron chi connectivity index (χ0n) is 10.9. The molecule has 1 fully saturated rings. The molecular weight excluding hydrogens is 246 g/mol. The van der Waals surface area contributed by atoms with Gasteiger partial charge in [-0.1, -0.05) is 43.0 Å². The van der Waals surface area contributed by atoms with Gasteiger partial charge in [0.1, 0.15) is 0 Å². The molecule has 0 saturated heterocycles. The van der Waals surface area contributed by atoms with Gasteiger partial charge in [-0.3, -0.25) is 0 Å². The third-order valence-electron chi connectivity index (χ3n) is 3.55. The summed E-state index contributed by atoms with van der Waals surface area (Å²) in [5.74, 6) is 0. The molecule has 0 spiro atoms. The molecule has 2 nitrogen and oxygen atoms in total. The van der Waals surface area contributed by atoms with E-state index in [0.29, 0.717) is 6.10 Å². The number of halogens is 1. The molecule has 2 unspecified atom stereocenters. The summed E-state index contributed by atoms with van der Waals surface area (Å²) < 4.78 is 6.21. The number of nitrogens with two attached hydrogens (primary N) is 1. The van der Waals surface area contributed by atoms with Gasteiger partial charge in [0.25, 0.3) is 0 Å². The standard InChI is InChI=1S/C15H22ClNO/c1-11(17)15(12-6-5-7-13(16)10-12)18-14-8-3-2-4-9-14/h5-7,10-11,14-15H,2-4,8-9,17H2,1H3. The summed E-state index contributed by atoms with van der Waals surface area (Å²) in [5.41, 5.74) is 7.15. The molecule has 2 N–H and O–H groups in total. The molecule has 3 heteroatoms. The van der Waals surface area contributed by atoms with Crippen molar-refractivity contribution in [2.75, 3.05) is 0 Å². The van der Waals surface area contributed by atoms with Crippen LogP contribution in [0, 0.1) is 0 Å². The molecule has 0 amide bonds. The number of ether oxygens (including phenoxy) is 1. The summed E-state index contributed by atoms with van der Waals surface area (Å²) in [6.45, 7) is 1.99. The summed E-state index contributed by atoms with van der Waals surface area (Å²) in [5, 5.41) is 0.741. The van der Waals surface area contributed by atoms with Gasteiger partial charge >= 0.3 is 0 Å². The fourth-order valence-electron chi connectivity index (χ4n) is 2.60. The zero-order valence-corrected chi connectivity index (χ0v) is 11.7. The van der Waals surface area contributed by atoms with Crippen molar-refractivity contribution in [2.24, 2.45) is 5.73 Å². The van der Waals surface area contributed by atoms with Crippen LogP contribution in [-0.4, -0.2) is 12.1 Å². The SMILES string of the molecule is CC(N)C(OC1CCCCC1)c1cccc(Cl)c1. The molecule has 18 heavy (non-hydrogen) atoms. The van der Waals surface area contributed by atoms with Gasteiger partial charge in [-0.25, -0.2) is 0 Å². The molecule has 1 aromatic carbocycles. The van der Waals surface area contributed by atoms with Crippen LogP contribution in [0.3, 0.4) is 0 Å². The van der Waals surface area contributed by atoms with E-state index < -0.39 is 0 Å². The van der Waals surface area contributed by atoms with Crippen LogP contribution in [0.1, 0.15) is 50.7 Å². The Kier molecular flexibility index (Phi) is 5.04. The van der Waals surface area contributed by atoms with E-state index in [4.69, 9.17) is 22.1 Å². The van der Waals surface area contributed by atoms with Gasteiger partial charge in [0.15, 0.2) is 0 Å². The average Bonchev–Trinajstić information content (AvgIpc) is 2.37. The van der Waals surface area contributed by atoms with Crippen LogP contribution >= 0.6 is 11.6 Å². The Labute approximate surface area is 114 Å². The Bertz CT molecular complexity index is 375. The van der Waals surface area contributed by atoms with Gasteiger partial charge in [0.2, 0.25) is 0 Å². The van der Waals surface area contributed by atoms with Crippen LogP contribution in [0.5, 0.6) is 0 Å². The quantitative estimate of drug-likeness (QED) is 0.892. The van der Waals surface area contributed by atoms with E-state index in [1.54, 1.807) is 0 Å². The lowest BCUT2D eigenvalue weighted by atomic mass is 9.96. The summed E-state index contributed by atoms with van der Waals surface area (Å²) in [7, 11) is 0. The first-order chi connectivity index (χ1) is 8.66. The highest BCUT2D eigenvalue weighted by Crippen LogP contribution is 2.29. The number of benzene rings is 1. The van der Waals surface area contributed by atoms with Crippen molar-refractivity contribution in [3.8, 4) is 0 Å². The molecule has 2 atom stereocenters. The van der Waals surface area contributed by atoms with Crippen LogP contribution in [-0.2, 0) is 4.74 Å². The Hall–Kier alpha value is -0.570. The molecule has 0 bridgehead atoms. The van der Waals surface area contributed by atoms with E-state index in [9.17, 15) is 0 Å². The highest BCUT2D eigenvalue weighted by Gasteiger charge is 2.23. The molecule has 1 aliphatic carbocycles. The van der Waals surface area contributed by atoms with Crippen LogP contribution in [0.25, 0.3) is 0 Å². The lowest BCUT2D eigenvalue weighted by molar-refractivity contribution is -0.0406. The zero-order chi connectivity index (χ0) is 13.0. The van der Waals surface area contributed by atoms with Crippen LogP contribution < -0.4 is 5.73 Å². The van der Waals surface area contributed by atoms with E-state index in [1.807, 2.05) is 31.2 Å². The second-order valence-corrected chi connectivity index (χ2v) is 5.67. The lowest BCUT2D eigenvalue weighted by Gasteiger charge is -2.30. The van der Waals surface area contributed by atoms with Gasteiger partial charge < -0.3 is 10.5 Å². The molecule has 1 saturated carbocycles. The lowest BCUT2D eigenvalue weighted by Crippen LogP contribution is -2.31. The van der Waals surface area contributed by atoms with Crippen molar-refractivity contribution in [2.45, 2.75) is 57.3 Å². The maximum atomic E-state index is 6.21. The van der Waals surface area contributed by atoms with E-state index in [0.717, 1.165) is 23.4 Å². The highest BCUT2D eigenvalue weighted by molar-refractivity contribution is 6.30. The van der Waals surface area contributed by atoms with Gasteiger partial charge in [-0.15, -0.1) is 0 Å². The molecular formula is C15H22ClNO. The molecule has 0 aromatic heterocycles. The molecule has 0 heterocycles. The maximum absolute atomic E-state index is 6.21. The largest absolute Gasteiger partial charge is 0.369 e. The van der Waals surface area contributed by atoms with Gasteiger partial charge in [-0.05, 0) is 37.5 Å². The van der Waals surface area contributed by atoms with Gasteiger partial charge in [-0.2, -0.15) is 0 Å². The van der Waals surface area contributed by atoms with E-state index in [2.05, 4.69) is 0 Å². The van der Waals surface area contributed by atoms with Crippen molar-refractivity contribution < 1.29 is 4.74 Å². The first-order valence-electron chi connectivity index (χ1n) is 6.83. The number of hydrogen-bond donors (Lipinski definition) is 1. The Morgan fingerprint density at radius 1 is 1.28 bits per heavy atom.